The van der Waals surface area contributed by atoms with Crippen molar-refractivity contribution < 1.29 is 27.5 Å². The van der Waals surface area contributed by atoms with Crippen LogP contribution in [0.4, 0.5) is 18.9 Å². The number of carbonyl (C=O) groups excluding carboxylic acids is 2. The molecule has 3 heterocycles. The SMILES string of the molecule is CC12CCC(CCC#N)(O1)[C@]1(N=[N-])C(=O)N(c3ccc(C#N)c(C(F)(F)F)c3)C(=O)C21. The molecule has 0 N–H and O–H groups in total. The normalized spacial score (nSPS) is 33.9. The molecule has 1 aromatic carbocycles. The lowest BCUT2D eigenvalue weighted by molar-refractivity contribution is -0.138. The molecule has 0 radical (unpaired) electrons. The van der Waals surface area contributed by atoms with E-state index in [0.717, 1.165) is 12.1 Å². The predicted octanol–water partition coefficient (Wildman–Crippen LogP) is 3.45. The molecule has 2 bridgehead atoms. The van der Waals surface area contributed by atoms with Gasteiger partial charge >= 0.3 is 6.18 Å². The van der Waals surface area contributed by atoms with Crippen LogP contribution in [0, 0.1) is 28.6 Å². The molecule has 8 nitrogen and oxygen atoms in total. The Kier molecular flexibility index (Phi) is 4.29. The minimum Gasteiger partial charge on any atom is -0.711 e. The molecule has 3 fully saturated rings. The van der Waals surface area contributed by atoms with E-state index in [1.54, 1.807) is 6.92 Å². The molecule has 3 aliphatic heterocycles. The monoisotopic (exact) mass is 430 g/mol. The van der Waals surface area contributed by atoms with Gasteiger partial charge in [-0.15, -0.1) is 0 Å². The summed E-state index contributed by atoms with van der Waals surface area (Å²) in [5.74, 6) is -3.11. The number of benzene rings is 1. The number of ether oxygens (including phenoxy) is 1. The quantitative estimate of drug-likeness (QED) is 0.534. The lowest BCUT2D eigenvalue weighted by atomic mass is 9.62. The second kappa shape index (κ2) is 6.34. The molecular formula is C20H15F3N5O3-. The Hall–Kier alpha value is -3.31. The number of nitriles is 2. The van der Waals surface area contributed by atoms with Crippen molar-refractivity contribution in [2.75, 3.05) is 4.90 Å². The molecule has 2 amide bonds. The van der Waals surface area contributed by atoms with Crippen molar-refractivity contribution in [1.82, 2.24) is 0 Å². The first-order chi connectivity index (χ1) is 14.5. The van der Waals surface area contributed by atoms with Crippen LogP contribution in [0.5, 0.6) is 0 Å². The lowest BCUT2D eigenvalue weighted by Gasteiger charge is -2.41. The third kappa shape index (κ3) is 2.44. The number of hydrogen-bond donors (Lipinski definition) is 0. The molecule has 0 spiro atoms. The topological polar surface area (TPSA) is 129 Å². The fraction of sp³-hybridized carbons (Fsp3) is 0.500. The second-order valence-electron chi connectivity index (χ2n) is 8.18. The Morgan fingerprint density at radius 2 is 2.03 bits per heavy atom. The van der Waals surface area contributed by atoms with Gasteiger partial charge < -0.3 is 15.4 Å². The van der Waals surface area contributed by atoms with E-state index < -0.39 is 51.8 Å². The highest BCUT2D eigenvalue weighted by atomic mass is 19.4. The zero-order valence-corrected chi connectivity index (χ0v) is 16.2. The predicted molar refractivity (Wildman–Crippen MR) is 97.0 cm³/mol. The molecule has 3 saturated heterocycles. The smallest absolute Gasteiger partial charge is 0.417 e. The van der Waals surface area contributed by atoms with Gasteiger partial charge in [0.25, 0.3) is 5.91 Å². The first kappa shape index (κ1) is 20.9. The second-order valence-corrected chi connectivity index (χ2v) is 8.18. The maximum Gasteiger partial charge on any atom is 0.417 e. The van der Waals surface area contributed by atoms with Crippen LogP contribution in [-0.4, -0.2) is 28.6 Å². The molecule has 3 aliphatic rings. The van der Waals surface area contributed by atoms with Crippen LogP contribution in [0.15, 0.2) is 23.3 Å². The van der Waals surface area contributed by atoms with Gasteiger partial charge in [-0.1, -0.05) is 0 Å². The van der Waals surface area contributed by atoms with E-state index in [4.69, 9.17) is 15.3 Å². The van der Waals surface area contributed by atoms with Crippen molar-refractivity contribution in [2.45, 2.75) is 55.5 Å². The minimum absolute atomic E-state index is 0.0215. The number of nitrogens with zero attached hydrogens (tertiary/aromatic N) is 5. The highest BCUT2D eigenvalue weighted by molar-refractivity contribution is 6.27. The van der Waals surface area contributed by atoms with Gasteiger partial charge in [-0.2, -0.15) is 23.7 Å². The number of hydrogen-bond acceptors (Lipinski definition) is 6. The standard InChI is InChI=1S/C20H15F3N5O3/c1-17-6-7-18(31-17,5-2-8-24)19(27-26)14(17)15(29)28(16(19)30)12-4-3-11(10-25)13(9-12)20(21,22)23/h3-4,9,14H,2,5-7H2,1H3/q-1/t14?,17?,18?,19-/m1/s1. The largest absolute Gasteiger partial charge is 0.711 e. The molecule has 0 aliphatic carbocycles. The van der Waals surface area contributed by atoms with Crippen LogP contribution >= 0.6 is 0 Å². The Bertz CT molecular complexity index is 1110. The number of fused-ring (bicyclic) bond motifs is 5. The maximum absolute atomic E-state index is 13.5. The zero-order chi connectivity index (χ0) is 22.8. The summed E-state index contributed by atoms with van der Waals surface area (Å²) in [6.07, 6.45) is -4.29. The molecule has 160 valence electrons. The van der Waals surface area contributed by atoms with Crippen molar-refractivity contribution in [3.63, 3.8) is 0 Å². The molecule has 11 heteroatoms. The number of carbonyl (C=O) groups is 2. The highest BCUT2D eigenvalue weighted by Gasteiger charge is 2.81. The lowest BCUT2D eigenvalue weighted by Crippen LogP contribution is -2.58. The van der Waals surface area contributed by atoms with Crippen LogP contribution in [0.1, 0.15) is 43.7 Å². The average Bonchev–Trinajstić information content (AvgIpc) is 3.27. The van der Waals surface area contributed by atoms with Crippen LogP contribution in [0.3, 0.4) is 0 Å². The van der Waals surface area contributed by atoms with Gasteiger partial charge in [0.05, 0.1) is 34.6 Å². The third-order valence-electron chi connectivity index (χ3n) is 6.66. The first-order valence-electron chi connectivity index (χ1n) is 9.44. The van der Waals surface area contributed by atoms with Crippen LogP contribution in [0.2, 0.25) is 0 Å². The number of amides is 2. The van der Waals surface area contributed by atoms with Crippen LogP contribution < -0.4 is 4.90 Å². The fourth-order valence-electron chi connectivity index (χ4n) is 5.40. The Morgan fingerprint density at radius 3 is 2.61 bits per heavy atom. The molecule has 4 rings (SSSR count). The van der Waals surface area contributed by atoms with Gasteiger partial charge in [-0.05, 0) is 44.4 Å². The number of imide groups is 1. The van der Waals surface area contributed by atoms with E-state index in [2.05, 4.69) is 5.11 Å². The summed E-state index contributed by atoms with van der Waals surface area (Å²) in [6, 6.07) is 5.90. The van der Waals surface area contributed by atoms with Gasteiger partial charge in [0.2, 0.25) is 5.91 Å². The van der Waals surface area contributed by atoms with E-state index in [0.29, 0.717) is 17.4 Å². The van der Waals surface area contributed by atoms with Gasteiger partial charge in [0, 0.05) is 6.42 Å². The van der Waals surface area contributed by atoms with E-state index in [1.165, 1.54) is 6.07 Å². The summed E-state index contributed by atoms with van der Waals surface area (Å²) < 4.78 is 46.3. The Balaban J connectivity index is 1.88. The maximum atomic E-state index is 13.5. The summed E-state index contributed by atoms with van der Waals surface area (Å²) in [4.78, 5) is 27.4. The molecule has 31 heavy (non-hydrogen) atoms. The minimum atomic E-state index is -4.88. The van der Waals surface area contributed by atoms with E-state index in [9.17, 15) is 28.3 Å². The van der Waals surface area contributed by atoms with Crippen molar-refractivity contribution in [3.8, 4) is 12.1 Å². The van der Waals surface area contributed by atoms with E-state index in [-0.39, 0.29) is 24.9 Å². The summed E-state index contributed by atoms with van der Waals surface area (Å²) in [7, 11) is 0. The summed E-state index contributed by atoms with van der Waals surface area (Å²) in [5, 5.41) is 21.3. The van der Waals surface area contributed by atoms with Gasteiger partial charge in [0.1, 0.15) is 11.5 Å². The van der Waals surface area contributed by atoms with Crippen molar-refractivity contribution in [1.29, 1.82) is 10.5 Å². The van der Waals surface area contributed by atoms with Gasteiger partial charge in [0.15, 0.2) is 5.54 Å². The first-order valence-corrected chi connectivity index (χ1v) is 9.44. The zero-order valence-electron chi connectivity index (χ0n) is 16.2. The van der Waals surface area contributed by atoms with Crippen molar-refractivity contribution in [3.05, 3.63) is 34.9 Å². The number of halogens is 3. The van der Waals surface area contributed by atoms with Crippen molar-refractivity contribution in [2.24, 2.45) is 11.0 Å². The van der Waals surface area contributed by atoms with E-state index >= 15 is 0 Å². The highest BCUT2D eigenvalue weighted by Crippen LogP contribution is 2.66. The molecule has 0 saturated carbocycles. The van der Waals surface area contributed by atoms with Crippen LogP contribution in [0.25, 0.3) is 5.53 Å². The Morgan fingerprint density at radius 1 is 1.32 bits per heavy atom. The number of alkyl halides is 3. The summed E-state index contributed by atoms with van der Waals surface area (Å²) >= 11 is 0. The van der Waals surface area contributed by atoms with Crippen molar-refractivity contribution >= 4 is 17.5 Å². The Labute approximate surface area is 174 Å². The van der Waals surface area contributed by atoms with E-state index in [1.807, 2.05) is 6.07 Å². The number of anilines is 1. The summed E-state index contributed by atoms with van der Waals surface area (Å²) in [5.41, 5.74) is 3.01. The fourth-order valence-corrected chi connectivity index (χ4v) is 5.40. The van der Waals surface area contributed by atoms with Gasteiger partial charge in [-0.3, -0.25) is 9.59 Å². The van der Waals surface area contributed by atoms with Gasteiger partial charge in [-0.25, -0.2) is 4.90 Å². The van der Waals surface area contributed by atoms with Crippen LogP contribution in [-0.2, 0) is 20.5 Å². The average molecular weight is 430 g/mol. The third-order valence-corrected chi connectivity index (χ3v) is 6.66. The molecule has 0 aromatic heterocycles. The molecular weight excluding hydrogens is 415 g/mol. The molecule has 3 unspecified atom stereocenters. The number of rotatable bonds is 4. The summed E-state index contributed by atoms with van der Waals surface area (Å²) in [6.45, 7) is 1.59. The molecule has 4 atom stereocenters. The molecule has 1 aromatic rings.